The summed E-state index contributed by atoms with van der Waals surface area (Å²) in [7, 11) is 0. The average molecular weight is 693 g/mol. The molecule has 0 aliphatic heterocycles. The first-order valence-electron chi connectivity index (χ1n) is 18.0. The van der Waals surface area contributed by atoms with Crippen molar-refractivity contribution in [3.63, 3.8) is 0 Å². The summed E-state index contributed by atoms with van der Waals surface area (Å²) in [6.45, 7) is 0. The molecule has 4 aromatic heterocycles. The van der Waals surface area contributed by atoms with Gasteiger partial charge in [-0.15, -0.1) is 0 Å². The molecule has 54 heavy (non-hydrogen) atoms. The zero-order valence-electron chi connectivity index (χ0n) is 29.2. The van der Waals surface area contributed by atoms with Gasteiger partial charge in [-0.2, -0.15) is 0 Å². The largest absolute Gasteiger partial charge is 0.292 e. The molecule has 0 radical (unpaired) electrons. The summed E-state index contributed by atoms with van der Waals surface area (Å²) < 4.78 is 4.55. The Balaban J connectivity index is 1.35. The van der Waals surface area contributed by atoms with Crippen molar-refractivity contribution >= 4 is 21.8 Å². The van der Waals surface area contributed by atoms with E-state index in [0.717, 1.165) is 89.6 Å². The summed E-state index contributed by atoms with van der Waals surface area (Å²) >= 11 is 0. The van der Waals surface area contributed by atoms with Crippen molar-refractivity contribution in [2.24, 2.45) is 0 Å². The first-order valence-corrected chi connectivity index (χ1v) is 18.0. The third-order valence-electron chi connectivity index (χ3n) is 9.93. The molecule has 10 rings (SSSR count). The minimum absolute atomic E-state index is 0.740. The van der Waals surface area contributed by atoms with E-state index in [0.29, 0.717) is 0 Å². The highest BCUT2D eigenvalue weighted by Gasteiger charge is 2.29. The molecule has 0 unspecified atom stereocenters. The van der Waals surface area contributed by atoms with E-state index in [4.69, 9.17) is 19.9 Å². The molecule has 0 saturated carbocycles. The van der Waals surface area contributed by atoms with E-state index in [2.05, 4.69) is 143 Å². The Kier molecular flexibility index (Phi) is 7.69. The van der Waals surface area contributed by atoms with E-state index in [1.807, 2.05) is 61.2 Å². The summed E-state index contributed by atoms with van der Waals surface area (Å²) in [4.78, 5) is 20.0. The van der Waals surface area contributed by atoms with Crippen molar-refractivity contribution in [2.45, 2.75) is 0 Å². The molecule has 4 heterocycles. The summed E-state index contributed by atoms with van der Waals surface area (Å²) in [5.74, 6) is 1.48. The maximum Gasteiger partial charge on any atom is 0.156 e. The molecule has 0 fully saturated rings. The van der Waals surface area contributed by atoms with E-state index in [1.54, 1.807) is 0 Å². The van der Waals surface area contributed by atoms with Crippen molar-refractivity contribution in [2.75, 3.05) is 0 Å². The fourth-order valence-electron chi connectivity index (χ4n) is 7.62. The minimum atomic E-state index is 0.740. The first kappa shape index (κ1) is 31.3. The zero-order chi connectivity index (χ0) is 35.8. The van der Waals surface area contributed by atoms with Crippen LogP contribution in [0.3, 0.4) is 0 Å². The molecule has 0 saturated heterocycles. The highest BCUT2D eigenvalue weighted by atomic mass is 15.1. The van der Waals surface area contributed by atoms with Crippen LogP contribution < -0.4 is 0 Å². The summed E-state index contributed by atoms with van der Waals surface area (Å²) in [6, 6.07) is 58.9. The van der Waals surface area contributed by atoms with E-state index in [1.165, 1.54) is 0 Å². The highest BCUT2D eigenvalue weighted by Crippen LogP contribution is 2.50. The van der Waals surface area contributed by atoms with Crippen LogP contribution >= 0.6 is 0 Å². The van der Waals surface area contributed by atoms with Gasteiger partial charge in [-0.1, -0.05) is 158 Å². The monoisotopic (exact) mass is 692 g/mol. The molecule has 254 valence electrons. The summed E-state index contributed by atoms with van der Waals surface area (Å²) in [6.07, 6.45) is 7.39. The second kappa shape index (κ2) is 13.3. The van der Waals surface area contributed by atoms with E-state index >= 15 is 0 Å². The fourth-order valence-corrected chi connectivity index (χ4v) is 7.62. The van der Waals surface area contributed by atoms with Gasteiger partial charge in [0.05, 0.1) is 58.6 Å². The second-order valence-electron chi connectivity index (χ2n) is 13.1. The number of para-hydroxylation sites is 2. The quantitative estimate of drug-likeness (QED) is 0.167. The Morgan fingerprint density at radius 1 is 0.315 bits per heavy atom. The van der Waals surface area contributed by atoms with Crippen LogP contribution in [0.15, 0.2) is 195 Å². The van der Waals surface area contributed by atoms with Crippen LogP contribution in [0.1, 0.15) is 0 Å². The lowest BCUT2D eigenvalue weighted by Gasteiger charge is -2.15. The molecular weight excluding hydrogens is 661 g/mol. The van der Waals surface area contributed by atoms with E-state index in [9.17, 15) is 0 Å². The van der Waals surface area contributed by atoms with Crippen LogP contribution in [0.25, 0.3) is 89.6 Å². The molecule has 0 N–H and O–H groups in total. The molecular formula is C48H32N6. The normalized spacial score (nSPS) is 11.3. The molecule has 10 aromatic rings. The molecule has 0 atom stereocenters. The Labute approximate surface area is 312 Å². The van der Waals surface area contributed by atoms with Crippen LogP contribution in [0.4, 0.5) is 0 Å². The van der Waals surface area contributed by atoms with Crippen LogP contribution in [0.2, 0.25) is 0 Å². The lowest BCUT2D eigenvalue weighted by molar-refractivity contribution is 1.02. The molecule has 0 aliphatic rings. The van der Waals surface area contributed by atoms with Gasteiger partial charge in [-0.3, -0.25) is 19.1 Å². The lowest BCUT2D eigenvalue weighted by Crippen LogP contribution is -2.03. The van der Waals surface area contributed by atoms with Crippen molar-refractivity contribution < 1.29 is 0 Å². The van der Waals surface area contributed by atoms with Crippen LogP contribution in [-0.2, 0) is 0 Å². The number of hydrogen-bond donors (Lipinski definition) is 0. The van der Waals surface area contributed by atoms with Gasteiger partial charge in [-0.05, 0) is 23.3 Å². The number of aromatic nitrogens is 6. The topological polar surface area (TPSA) is 61.4 Å². The van der Waals surface area contributed by atoms with Crippen molar-refractivity contribution in [1.29, 1.82) is 0 Å². The first-order chi connectivity index (χ1) is 26.8. The molecule has 0 spiro atoms. The Bertz CT molecular complexity index is 2710. The molecule has 6 aromatic carbocycles. The Hall–Kier alpha value is -7.44. The standard InChI is InChI=1S/C48H32N6/c1-5-17-33(18-6-1)39-29-49-31-43(51-39)53-41-27-15-13-25-37(41)45(47(53)35-21-9-3-10-22-35)46-38-26-14-16-28-42(38)54(48(46)36-23-11-4-12-24-36)44-32-50-30-40(52-44)34-19-7-2-8-20-34/h1-32H. The number of nitrogens with zero attached hydrogens (tertiary/aromatic N) is 6. The maximum absolute atomic E-state index is 5.27. The van der Waals surface area contributed by atoms with Gasteiger partial charge in [-0.25, -0.2) is 9.97 Å². The summed E-state index contributed by atoms with van der Waals surface area (Å²) in [5.41, 5.74) is 12.1. The third-order valence-corrected chi connectivity index (χ3v) is 9.93. The number of fused-ring (bicyclic) bond motifs is 2. The van der Waals surface area contributed by atoms with Crippen LogP contribution in [-0.4, -0.2) is 29.1 Å². The highest BCUT2D eigenvalue weighted by molar-refractivity contribution is 6.16. The van der Waals surface area contributed by atoms with E-state index < -0.39 is 0 Å². The number of rotatable bonds is 7. The van der Waals surface area contributed by atoms with Gasteiger partial charge in [0.1, 0.15) is 0 Å². The SMILES string of the molecule is c1ccc(-c2cncc(-n3c(-c4ccccc4)c(-c4c(-c5ccccc5)n(-c5cncc(-c6ccccc6)n5)c5ccccc45)c4ccccc43)n2)cc1. The summed E-state index contributed by atoms with van der Waals surface area (Å²) in [5, 5.41) is 2.21. The lowest BCUT2D eigenvalue weighted by atomic mass is 9.93. The van der Waals surface area contributed by atoms with Crippen molar-refractivity contribution in [3.8, 4) is 67.8 Å². The molecule has 6 heteroatoms. The van der Waals surface area contributed by atoms with E-state index in [-0.39, 0.29) is 0 Å². The van der Waals surface area contributed by atoms with Gasteiger partial charge in [0.2, 0.25) is 0 Å². The van der Waals surface area contributed by atoms with Crippen molar-refractivity contribution in [1.82, 2.24) is 29.1 Å². The van der Waals surface area contributed by atoms with Gasteiger partial charge < -0.3 is 0 Å². The Morgan fingerprint density at radius 2 is 0.648 bits per heavy atom. The van der Waals surface area contributed by atoms with Crippen molar-refractivity contribution in [3.05, 3.63) is 195 Å². The maximum atomic E-state index is 5.27. The predicted molar refractivity (Wildman–Crippen MR) is 218 cm³/mol. The van der Waals surface area contributed by atoms with Crippen LogP contribution in [0, 0.1) is 0 Å². The molecule has 6 nitrogen and oxygen atoms in total. The number of benzene rings is 6. The zero-order valence-corrected chi connectivity index (χ0v) is 29.2. The van der Waals surface area contributed by atoms with Crippen LogP contribution in [0.5, 0.6) is 0 Å². The second-order valence-corrected chi connectivity index (χ2v) is 13.1. The van der Waals surface area contributed by atoms with Gasteiger partial charge >= 0.3 is 0 Å². The number of hydrogen-bond acceptors (Lipinski definition) is 4. The van der Waals surface area contributed by atoms with Gasteiger partial charge in [0.15, 0.2) is 11.6 Å². The smallest absolute Gasteiger partial charge is 0.156 e. The average Bonchev–Trinajstić information content (AvgIpc) is 3.78. The minimum Gasteiger partial charge on any atom is -0.292 e. The predicted octanol–water partition coefficient (Wildman–Crippen LogP) is 11.5. The molecule has 0 bridgehead atoms. The van der Waals surface area contributed by atoms with Gasteiger partial charge in [0, 0.05) is 33.0 Å². The Morgan fingerprint density at radius 3 is 1.04 bits per heavy atom. The molecule has 0 amide bonds. The fraction of sp³-hybridized carbons (Fsp3) is 0. The van der Waals surface area contributed by atoms with Gasteiger partial charge in [0.25, 0.3) is 0 Å². The third kappa shape index (κ3) is 5.28. The molecule has 0 aliphatic carbocycles.